The van der Waals surface area contributed by atoms with Gasteiger partial charge in [0.15, 0.2) is 69.4 Å². The van der Waals surface area contributed by atoms with Gasteiger partial charge < -0.3 is 60.3 Å². The first-order valence-electron chi connectivity index (χ1n) is 40.5. The van der Waals surface area contributed by atoms with Crippen molar-refractivity contribution in [1.29, 1.82) is 0 Å². The highest BCUT2D eigenvalue weighted by Gasteiger charge is 2.37. The Kier molecular flexibility index (Phi) is 28.3. The van der Waals surface area contributed by atoms with Gasteiger partial charge in [-0.1, -0.05) is 18.2 Å². The lowest BCUT2D eigenvalue weighted by Crippen LogP contribution is -2.36. The zero-order valence-corrected chi connectivity index (χ0v) is 69.2. The van der Waals surface area contributed by atoms with Crippen molar-refractivity contribution >= 4 is 110 Å². The van der Waals surface area contributed by atoms with Crippen LogP contribution in [0.25, 0.3) is 32.7 Å². The van der Waals surface area contributed by atoms with Crippen LogP contribution in [0.3, 0.4) is 0 Å². The van der Waals surface area contributed by atoms with Gasteiger partial charge in [0.2, 0.25) is 17.7 Å². The van der Waals surface area contributed by atoms with Crippen LogP contribution in [0.5, 0.6) is 34.5 Å². The molecule has 3 atom stereocenters. The number of methoxy groups -OCH3 is 3. The van der Waals surface area contributed by atoms with E-state index < -0.39 is 60.4 Å². The van der Waals surface area contributed by atoms with E-state index in [9.17, 15) is 40.7 Å². The van der Waals surface area contributed by atoms with E-state index in [1.54, 1.807) is 55.0 Å². The average Bonchev–Trinajstić information content (AvgIpc) is 1.71. The average molecular weight is 1750 g/mol. The number of rotatable bonds is 42. The van der Waals surface area contributed by atoms with Crippen molar-refractivity contribution in [2.75, 3.05) is 132 Å². The molecule has 0 aliphatic carbocycles. The Labute approximate surface area is 712 Å². The number of anilines is 9. The molecule has 34 nitrogen and oxygen atoms in total. The smallest absolute Gasteiger partial charge is 0.474 e. The number of nitrogens with one attached hydrogen (secondary N) is 6. The molecule has 0 bridgehead atoms. The molecule has 6 aromatic heterocycles. The summed E-state index contributed by atoms with van der Waals surface area (Å²) in [5.74, 6) is -4.67. The van der Waals surface area contributed by atoms with Crippen LogP contribution in [0, 0.1) is 34.9 Å². The molecule has 0 spiro atoms. The summed E-state index contributed by atoms with van der Waals surface area (Å²) in [7, 11) is 0.357. The minimum atomic E-state index is -4.24. The predicted octanol–water partition coefficient (Wildman–Crippen LogP) is 13.4. The molecule has 3 fully saturated rings. The third-order valence-electron chi connectivity index (χ3n) is 21.4. The van der Waals surface area contributed by atoms with Crippen LogP contribution in [0.15, 0.2) is 147 Å². The molecule has 0 saturated carbocycles. The van der Waals surface area contributed by atoms with Gasteiger partial charge in [-0.2, -0.15) is 15.3 Å². The van der Waals surface area contributed by atoms with Gasteiger partial charge in [0, 0.05) is 90.7 Å². The second-order valence-electron chi connectivity index (χ2n) is 29.8. The van der Waals surface area contributed by atoms with Crippen LogP contribution in [0.1, 0.15) is 57.8 Å². The summed E-state index contributed by atoms with van der Waals surface area (Å²) in [5.41, 5.74) is 2.25. The number of likely N-dealkylation sites (tertiary alicyclic amines) is 3. The summed E-state index contributed by atoms with van der Waals surface area (Å²) in [4.78, 5) is 72.0. The lowest BCUT2D eigenvalue weighted by atomic mass is 10.2. The van der Waals surface area contributed by atoms with Gasteiger partial charge >= 0.3 is 7.82 Å². The van der Waals surface area contributed by atoms with Crippen molar-refractivity contribution in [3.8, 4) is 34.5 Å². The van der Waals surface area contributed by atoms with Crippen molar-refractivity contribution in [2.45, 2.75) is 95.5 Å². The van der Waals surface area contributed by atoms with Crippen LogP contribution in [-0.4, -0.2) is 210 Å². The van der Waals surface area contributed by atoms with E-state index in [2.05, 4.69) is 91.8 Å². The summed E-state index contributed by atoms with van der Waals surface area (Å²) in [6.07, 6.45) is 20.2. The Balaban J connectivity index is 0.557. The molecule has 6 N–H and O–H groups in total. The number of hydrogen-bond acceptors (Lipinski definition) is 28. The van der Waals surface area contributed by atoms with Crippen LogP contribution in [-0.2, 0) is 52.2 Å². The molecule has 3 aliphatic rings. The number of ether oxygens (including phenoxy) is 6. The standard InChI is InChI=1S/C84H90F6N21O13P/c1-116-70-31-58-67(91-49-94-82(58)100-52-37-97-109(40-52)43-76(112)103-64-19-4-16-61(85)79(64)88)34-73(70)119-28-10-25-106-22-7-13-55(106)46-122-125(115,123-47-56-14-8-23-107(56)26-11-29-120-74-35-68-59(32-71(74)117-2)83(95-50-92-68)101-53-38-98-110(41-53)44-77(113)104-65-20-5-17-62(86)80(65)89)124-48-57-15-9-24-108(57)27-12-30-121-75-36-69-60(33-72(75)118-3)84(96-51-93-69)102-54-39-99-111(42-54)45-78(114)105-66-21-6-18-63(87)81(66)90/h4-6,16-21,31-42,49-51,55-57H,7-15,22-30,43-48H2,1-3H3,(H,103,112)(H,104,113)(H,105,114)(H,91,94,100)(H,92,95,101)(H,93,96,102)/t55-,56-,57-/m1/s1. The summed E-state index contributed by atoms with van der Waals surface area (Å²) in [5, 5.41) is 31.3. The zero-order chi connectivity index (χ0) is 86.9. The van der Waals surface area contributed by atoms with E-state index in [-0.39, 0.29) is 74.6 Å². The number of aromatic nitrogens is 12. The molecular weight excluding hydrogens is 1660 g/mol. The Morgan fingerprint density at radius 2 is 0.720 bits per heavy atom. The van der Waals surface area contributed by atoms with Gasteiger partial charge in [0.1, 0.15) is 56.1 Å². The normalized spacial score (nSPS) is 15.6. The number of carbonyl (C=O) groups is 3. The first-order valence-corrected chi connectivity index (χ1v) is 42.0. The summed E-state index contributed by atoms with van der Waals surface area (Å²) in [6.45, 7) is 4.57. The number of hydrogen-bond donors (Lipinski definition) is 6. The highest BCUT2D eigenvalue weighted by molar-refractivity contribution is 7.48. The van der Waals surface area contributed by atoms with E-state index in [0.717, 1.165) is 76.4 Å². The second kappa shape index (κ2) is 40.6. The van der Waals surface area contributed by atoms with Crippen LogP contribution in [0.4, 0.5) is 77.9 Å². The number of halogens is 6. The van der Waals surface area contributed by atoms with Crippen molar-refractivity contribution in [3.63, 3.8) is 0 Å². The molecule has 0 radical (unpaired) electrons. The second-order valence-corrected chi connectivity index (χ2v) is 31.4. The number of carbonyl (C=O) groups excluding carboxylic acids is 3. The van der Waals surface area contributed by atoms with E-state index in [4.69, 9.17) is 42.0 Å². The van der Waals surface area contributed by atoms with Crippen molar-refractivity contribution in [2.24, 2.45) is 0 Å². The summed E-state index contributed by atoms with van der Waals surface area (Å²) < 4.78 is 160. The Morgan fingerprint density at radius 3 is 1.02 bits per heavy atom. The molecule has 3 amide bonds. The largest absolute Gasteiger partial charge is 0.493 e. The number of fused-ring (bicyclic) bond motifs is 3. The highest BCUT2D eigenvalue weighted by atomic mass is 31.2. The maximum Gasteiger partial charge on any atom is 0.474 e. The maximum atomic E-state index is 15.4. The molecule has 9 heterocycles. The quantitative estimate of drug-likeness (QED) is 0.0118. The van der Waals surface area contributed by atoms with Crippen LogP contribution in [0.2, 0.25) is 0 Å². The summed E-state index contributed by atoms with van der Waals surface area (Å²) >= 11 is 0. The molecule has 125 heavy (non-hydrogen) atoms. The third kappa shape index (κ3) is 22.0. The minimum absolute atomic E-state index is 0.0839. The monoisotopic (exact) mass is 1750 g/mol. The van der Waals surface area contributed by atoms with E-state index in [0.29, 0.717) is 160 Å². The Morgan fingerprint density at radius 1 is 0.416 bits per heavy atom. The highest BCUT2D eigenvalue weighted by Crippen LogP contribution is 2.51. The SMILES string of the molecule is COc1cc2c(Nc3cnn(CC(=O)Nc4cccc(F)c4F)c3)ncnc2cc1OCCCN1CCC[C@@H]1COP(=O)(OC[C@H]1CCCN1CCCOc1cc2ncnc(Nc3cnn(CC(=O)Nc4cccc(F)c4F)c3)c2cc1OC)OC[C@H]1CCCN1CCCOc1cc2ncnc(Nc3cnn(CC(=O)Nc4cccc(F)c4F)c3)c2cc1OC. The lowest BCUT2D eigenvalue weighted by Gasteiger charge is -2.30. The summed E-state index contributed by atoms with van der Waals surface area (Å²) in [6, 6.07) is 20.8. The van der Waals surface area contributed by atoms with Gasteiger partial charge in [-0.15, -0.1) is 0 Å². The first kappa shape index (κ1) is 87.1. The Bertz CT molecular complexity index is 5330. The molecule has 656 valence electrons. The van der Waals surface area contributed by atoms with Gasteiger partial charge in [-0.05, 0) is 132 Å². The lowest BCUT2D eigenvalue weighted by molar-refractivity contribution is -0.117. The fraction of sp³-hybridized carbons (Fsp3) is 0.357. The van der Waals surface area contributed by atoms with Crippen molar-refractivity contribution in [1.82, 2.24) is 73.9 Å². The molecule has 3 aliphatic heterocycles. The van der Waals surface area contributed by atoms with E-state index >= 15 is 4.57 Å². The third-order valence-corrected chi connectivity index (χ3v) is 22.8. The number of phosphoric acid groups is 1. The predicted molar refractivity (Wildman–Crippen MR) is 449 cm³/mol. The molecule has 0 unspecified atom stereocenters. The van der Waals surface area contributed by atoms with Crippen molar-refractivity contribution < 1.29 is 87.3 Å². The number of amides is 3. The van der Waals surface area contributed by atoms with Gasteiger partial charge in [0.25, 0.3) is 0 Å². The molecule has 12 aromatic rings. The molecule has 15 rings (SSSR count). The molecular formula is C84H90F6N21O13P. The van der Waals surface area contributed by atoms with Crippen LogP contribution < -0.4 is 60.3 Å². The Hall–Kier alpha value is -12.9. The molecule has 6 aromatic carbocycles. The number of nitrogens with zero attached hydrogens (tertiary/aromatic N) is 15. The number of benzene rings is 6. The topological polar surface area (TPSA) is 364 Å². The molecule has 41 heteroatoms. The van der Waals surface area contributed by atoms with Crippen molar-refractivity contribution in [3.05, 3.63) is 182 Å². The fourth-order valence-corrected chi connectivity index (χ4v) is 16.5. The minimum Gasteiger partial charge on any atom is -0.493 e. The zero-order valence-electron chi connectivity index (χ0n) is 68.3. The van der Waals surface area contributed by atoms with E-state index in [1.807, 2.05) is 0 Å². The maximum absolute atomic E-state index is 15.4. The van der Waals surface area contributed by atoms with E-state index in [1.165, 1.54) is 109 Å². The van der Waals surface area contributed by atoms with Gasteiger partial charge in [0.05, 0.1) is 130 Å². The van der Waals surface area contributed by atoms with Crippen LogP contribution >= 0.6 is 7.82 Å². The number of phosphoric ester groups is 1. The first-order chi connectivity index (χ1) is 60.8. The van der Waals surface area contributed by atoms with Gasteiger partial charge in [-0.3, -0.25) is 56.7 Å². The van der Waals surface area contributed by atoms with Gasteiger partial charge in [-0.25, -0.2) is 60.8 Å². The fourth-order valence-electron chi connectivity index (χ4n) is 15.2. The molecule has 3 saturated heterocycles.